The van der Waals surface area contributed by atoms with E-state index in [1.807, 2.05) is 0 Å². The number of aliphatic hydroxyl groups is 5. The van der Waals surface area contributed by atoms with Crippen molar-refractivity contribution in [1.29, 1.82) is 0 Å². The second-order valence-corrected chi connectivity index (χ2v) is 17.3. The van der Waals surface area contributed by atoms with Crippen LogP contribution in [0.5, 0.6) is 0 Å². The third kappa shape index (κ3) is 26.9. The number of aliphatic hydroxyl groups excluding tert-OH is 5. The van der Waals surface area contributed by atoms with Crippen LogP contribution in [-0.2, 0) is 27.9 Å². The molecule has 6 atom stereocenters. The average Bonchev–Trinajstić information content (AvgIpc) is 3.17. The summed E-state index contributed by atoms with van der Waals surface area (Å²) in [6, 6.07) is 0. The maximum Gasteiger partial charge on any atom is 0.472 e. The normalized spacial score (nSPS) is 23.1. The number of hydrogen-bond acceptors (Lipinski definition) is 11. The van der Waals surface area contributed by atoms with Crippen molar-refractivity contribution >= 4 is 13.8 Å². The molecule has 0 aromatic rings. The highest BCUT2D eigenvalue weighted by atomic mass is 31.2. The Morgan fingerprint density at radius 3 is 1.25 bits per heavy atom. The maximum atomic E-state index is 12.8. The van der Waals surface area contributed by atoms with Gasteiger partial charge in [0.05, 0.1) is 13.2 Å². The molecule has 0 spiro atoms. The number of rotatable bonds is 38. The lowest BCUT2D eigenvalue weighted by molar-refractivity contribution is -0.220. The first kappa shape index (κ1) is 52.4. The van der Waals surface area contributed by atoms with Crippen LogP contribution in [0, 0.1) is 0 Å². The van der Waals surface area contributed by atoms with Gasteiger partial charge >= 0.3 is 13.8 Å². The lowest BCUT2D eigenvalue weighted by Gasteiger charge is -2.41. The molecule has 1 aliphatic carbocycles. The van der Waals surface area contributed by atoms with Crippen LogP contribution in [0.15, 0.2) is 0 Å². The van der Waals surface area contributed by atoms with E-state index in [9.17, 15) is 39.8 Å². The Labute approximate surface area is 334 Å². The fourth-order valence-corrected chi connectivity index (χ4v) is 8.09. The first-order chi connectivity index (χ1) is 26.5. The first-order valence-corrected chi connectivity index (χ1v) is 23.9. The van der Waals surface area contributed by atoms with Crippen LogP contribution in [0.1, 0.15) is 200 Å². The fraction of sp³-hybridized carbons (Fsp3) is 0.976. The predicted molar refractivity (Wildman–Crippen MR) is 217 cm³/mol. The zero-order valence-electron chi connectivity index (χ0n) is 34.7. The number of carbonyl (C=O) groups is 1. The standard InChI is InChI=1S/C42H83O12P/c1-3-5-7-9-11-13-15-17-19-21-23-25-27-29-31-36(43)53-35(33-51-32-30-28-26-24-22-20-18-16-14-12-10-8-6-4-2)34-52-55(49,50)54-42-40(47)38(45)37(44)39(46)41(42)48/h35,37-42,44-48H,3-34H2,1-2H3,(H,49,50). The molecule has 0 radical (unpaired) electrons. The summed E-state index contributed by atoms with van der Waals surface area (Å²) < 4.78 is 34.1. The van der Waals surface area contributed by atoms with Gasteiger partial charge in [0.25, 0.3) is 0 Å². The fourth-order valence-electron chi connectivity index (χ4n) is 7.12. The van der Waals surface area contributed by atoms with Crippen LogP contribution >= 0.6 is 7.82 Å². The van der Waals surface area contributed by atoms with Gasteiger partial charge in [0.15, 0.2) is 0 Å². The summed E-state index contributed by atoms with van der Waals surface area (Å²) in [7, 11) is -5.01. The summed E-state index contributed by atoms with van der Waals surface area (Å²) in [6.07, 6.45) is 21.7. The number of carbonyl (C=O) groups excluding carboxylic acids is 1. The quantitative estimate of drug-likeness (QED) is 0.0198. The van der Waals surface area contributed by atoms with Gasteiger partial charge in [-0.2, -0.15) is 0 Å². The predicted octanol–water partition coefficient (Wildman–Crippen LogP) is 8.59. The molecule has 0 aromatic heterocycles. The molecule has 12 nitrogen and oxygen atoms in total. The SMILES string of the molecule is CCCCCCCCCCCCCCCCOCC(COP(=O)(O)OC1C(O)C(O)C(O)C(O)C1O)OC(=O)CCCCCCCCCCCCCCCC. The van der Waals surface area contributed by atoms with Gasteiger partial charge < -0.3 is 39.9 Å². The molecule has 1 fully saturated rings. The zero-order valence-corrected chi connectivity index (χ0v) is 35.6. The highest BCUT2D eigenvalue weighted by Gasteiger charge is 2.51. The Bertz CT molecular complexity index is 926. The van der Waals surface area contributed by atoms with Gasteiger partial charge in [0.2, 0.25) is 0 Å². The van der Waals surface area contributed by atoms with Gasteiger partial charge in [0, 0.05) is 13.0 Å². The molecule has 1 rings (SSSR count). The molecule has 13 heteroatoms. The van der Waals surface area contributed by atoms with Gasteiger partial charge in [-0.15, -0.1) is 0 Å². The summed E-state index contributed by atoms with van der Waals surface area (Å²) in [4.78, 5) is 23.1. The molecule has 0 aromatic carbocycles. The third-order valence-corrected chi connectivity index (χ3v) is 11.7. The molecule has 6 unspecified atom stereocenters. The van der Waals surface area contributed by atoms with E-state index in [0.717, 1.165) is 38.5 Å². The van der Waals surface area contributed by atoms with Crippen LogP contribution < -0.4 is 0 Å². The van der Waals surface area contributed by atoms with E-state index in [0.29, 0.717) is 13.0 Å². The highest BCUT2D eigenvalue weighted by molar-refractivity contribution is 7.47. The molecule has 6 N–H and O–H groups in total. The number of unbranched alkanes of at least 4 members (excludes halogenated alkanes) is 26. The summed E-state index contributed by atoms with van der Waals surface area (Å²) in [6.45, 7) is 4.28. The highest BCUT2D eigenvalue weighted by Crippen LogP contribution is 2.47. The van der Waals surface area contributed by atoms with E-state index < -0.39 is 63.1 Å². The molecule has 328 valence electrons. The lowest BCUT2D eigenvalue weighted by atomic mass is 9.85. The van der Waals surface area contributed by atoms with Crippen molar-refractivity contribution in [3.63, 3.8) is 0 Å². The van der Waals surface area contributed by atoms with E-state index in [1.54, 1.807) is 0 Å². The second kappa shape index (κ2) is 34.2. The monoisotopic (exact) mass is 811 g/mol. The number of esters is 1. The number of phosphoric ester groups is 1. The van der Waals surface area contributed by atoms with Crippen LogP contribution in [0.3, 0.4) is 0 Å². The Morgan fingerprint density at radius 1 is 0.509 bits per heavy atom. The van der Waals surface area contributed by atoms with Crippen LogP contribution in [0.25, 0.3) is 0 Å². The summed E-state index contributed by atoms with van der Waals surface area (Å²) >= 11 is 0. The van der Waals surface area contributed by atoms with Gasteiger partial charge in [0.1, 0.15) is 42.7 Å². The van der Waals surface area contributed by atoms with E-state index in [-0.39, 0.29) is 13.0 Å². The van der Waals surface area contributed by atoms with E-state index in [2.05, 4.69) is 13.8 Å². The number of ether oxygens (including phenoxy) is 2. The smallest absolute Gasteiger partial charge is 0.457 e. The Balaban J connectivity index is 2.40. The topological polar surface area (TPSA) is 192 Å². The Morgan fingerprint density at radius 2 is 0.855 bits per heavy atom. The Kier molecular flexibility index (Phi) is 32.6. The summed E-state index contributed by atoms with van der Waals surface area (Å²) in [5.41, 5.74) is 0. The van der Waals surface area contributed by atoms with Gasteiger partial charge in [-0.3, -0.25) is 13.8 Å². The van der Waals surface area contributed by atoms with Gasteiger partial charge in [-0.1, -0.05) is 181 Å². The van der Waals surface area contributed by atoms with Crippen molar-refractivity contribution in [2.75, 3.05) is 19.8 Å². The number of hydrogen-bond donors (Lipinski definition) is 6. The van der Waals surface area contributed by atoms with Crippen molar-refractivity contribution < 1.29 is 58.3 Å². The summed E-state index contributed by atoms with van der Waals surface area (Å²) in [5.74, 6) is -0.473. The minimum Gasteiger partial charge on any atom is -0.457 e. The molecule has 0 heterocycles. The minimum atomic E-state index is -5.01. The van der Waals surface area contributed by atoms with E-state index in [1.165, 1.54) is 135 Å². The molecule has 0 aliphatic heterocycles. The molecule has 0 bridgehead atoms. The van der Waals surface area contributed by atoms with Gasteiger partial charge in [-0.05, 0) is 12.8 Å². The maximum absolute atomic E-state index is 12.8. The molecule has 0 amide bonds. The van der Waals surface area contributed by atoms with Crippen molar-refractivity contribution in [2.24, 2.45) is 0 Å². The average molecular weight is 811 g/mol. The van der Waals surface area contributed by atoms with E-state index >= 15 is 0 Å². The van der Waals surface area contributed by atoms with Crippen LogP contribution in [0.4, 0.5) is 0 Å². The molecular weight excluding hydrogens is 727 g/mol. The largest absolute Gasteiger partial charge is 0.472 e. The first-order valence-electron chi connectivity index (χ1n) is 22.4. The number of phosphoric acid groups is 1. The Hall–Kier alpha value is -0.660. The lowest BCUT2D eigenvalue weighted by Crippen LogP contribution is -2.64. The van der Waals surface area contributed by atoms with Crippen molar-refractivity contribution in [2.45, 2.75) is 243 Å². The third-order valence-electron chi connectivity index (χ3n) is 10.7. The van der Waals surface area contributed by atoms with Crippen LogP contribution in [0.2, 0.25) is 0 Å². The molecule has 55 heavy (non-hydrogen) atoms. The molecule has 1 aliphatic rings. The minimum absolute atomic E-state index is 0.0682. The van der Waals surface area contributed by atoms with E-state index in [4.69, 9.17) is 18.5 Å². The summed E-state index contributed by atoms with van der Waals surface area (Å²) in [5, 5.41) is 50.1. The van der Waals surface area contributed by atoms with Gasteiger partial charge in [-0.25, -0.2) is 4.57 Å². The molecule has 0 saturated heterocycles. The van der Waals surface area contributed by atoms with Crippen LogP contribution in [-0.4, -0.2) is 98.9 Å². The van der Waals surface area contributed by atoms with Crippen molar-refractivity contribution in [3.05, 3.63) is 0 Å². The second-order valence-electron chi connectivity index (χ2n) is 15.9. The van der Waals surface area contributed by atoms with Crippen molar-refractivity contribution in [1.82, 2.24) is 0 Å². The molecule has 1 saturated carbocycles. The van der Waals surface area contributed by atoms with Crippen molar-refractivity contribution in [3.8, 4) is 0 Å². The molecular formula is C42H83O12P. The zero-order chi connectivity index (χ0) is 40.6.